The Morgan fingerprint density at radius 1 is 1.04 bits per heavy atom. The van der Waals surface area contributed by atoms with E-state index in [1.165, 1.54) is 7.11 Å². The van der Waals surface area contributed by atoms with E-state index in [1.54, 1.807) is 43.5 Å². The lowest BCUT2D eigenvalue weighted by molar-refractivity contribution is 0.102. The van der Waals surface area contributed by atoms with Crippen molar-refractivity contribution in [1.82, 2.24) is 10.2 Å². The number of anilines is 1. The Bertz CT molecular complexity index is 860. The fourth-order valence-electron chi connectivity index (χ4n) is 2.14. The van der Waals surface area contributed by atoms with Crippen LogP contribution >= 0.6 is 0 Å². The normalized spacial score (nSPS) is 10.2. The molecule has 0 aliphatic carbocycles. The molecule has 3 rings (SSSR count). The fourth-order valence-corrected chi connectivity index (χ4v) is 2.14. The maximum atomic E-state index is 12.2. The van der Waals surface area contributed by atoms with Gasteiger partial charge in [-0.25, -0.2) is 0 Å². The summed E-state index contributed by atoms with van der Waals surface area (Å²) in [5.41, 5.74) is 1.07. The number of carbonyl (C=O) groups excluding carboxylic acids is 1. The minimum Gasteiger partial charge on any atom is -0.497 e. The molecule has 0 radical (unpaired) electrons. The predicted octanol–water partition coefficient (Wildman–Crippen LogP) is 3.01. The number of nitrogens with zero attached hydrogens (tertiary/aromatic N) is 2. The van der Waals surface area contributed by atoms with Gasteiger partial charge in [0, 0.05) is 5.56 Å². The second kappa shape index (κ2) is 6.82. The highest BCUT2D eigenvalue weighted by Crippen LogP contribution is 2.29. The largest absolute Gasteiger partial charge is 0.497 e. The average Bonchev–Trinajstić information content (AvgIpc) is 3.10. The number of hydrogen-bond donors (Lipinski definition) is 1. The van der Waals surface area contributed by atoms with Crippen molar-refractivity contribution in [3.8, 4) is 23.0 Å². The second-order valence-corrected chi connectivity index (χ2v) is 4.80. The molecule has 3 aromatic rings. The lowest BCUT2D eigenvalue weighted by Crippen LogP contribution is -2.12. The van der Waals surface area contributed by atoms with Crippen LogP contribution in [0.15, 0.2) is 52.9 Å². The number of hydrogen-bond acceptors (Lipinski definition) is 6. The van der Waals surface area contributed by atoms with E-state index in [4.69, 9.17) is 13.9 Å². The Morgan fingerprint density at radius 2 is 1.88 bits per heavy atom. The number of carbonyl (C=O) groups is 1. The molecular weight excluding hydrogens is 310 g/mol. The molecule has 1 N–H and O–H groups in total. The molecule has 2 aromatic carbocycles. The first-order valence-corrected chi connectivity index (χ1v) is 7.13. The molecule has 1 aromatic heterocycles. The van der Waals surface area contributed by atoms with Gasteiger partial charge < -0.3 is 13.9 Å². The summed E-state index contributed by atoms with van der Waals surface area (Å²) < 4.78 is 15.8. The van der Waals surface area contributed by atoms with Crippen molar-refractivity contribution in [1.29, 1.82) is 0 Å². The molecule has 0 fully saturated rings. The van der Waals surface area contributed by atoms with E-state index < -0.39 is 0 Å². The summed E-state index contributed by atoms with van der Waals surface area (Å²) in [6.45, 7) is 0. The van der Waals surface area contributed by atoms with Crippen LogP contribution in [-0.4, -0.2) is 30.3 Å². The Morgan fingerprint density at radius 3 is 2.67 bits per heavy atom. The topological polar surface area (TPSA) is 86.5 Å². The summed E-state index contributed by atoms with van der Waals surface area (Å²) in [5, 5.41) is 10.3. The molecule has 7 nitrogen and oxygen atoms in total. The number of benzene rings is 2. The molecule has 0 unspecified atom stereocenters. The average molecular weight is 325 g/mol. The van der Waals surface area contributed by atoms with Gasteiger partial charge in [-0.2, -0.15) is 0 Å². The van der Waals surface area contributed by atoms with Crippen molar-refractivity contribution in [2.45, 2.75) is 0 Å². The molecule has 0 spiro atoms. The molecule has 0 aliphatic heterocycles. The van der Waals surface area contributed by atoms with E-state index in [1.807, 2.05) is 12.1 Å². The molecule has 0 bridgehead atoms. The van der Waals surface area contributed by atoms with Crippen LogP contribution in [0.25, 0.3) is 11.5 Å². The Labute approximate surface area is 138 Å². The van der Waals surface area contributed by atoms with Crippen molar-refractivity contribution in [2.24, 2.45) is 0 Å². The molecule has 1 amide bonds. The lowest BCUT2D eigenvalue weighted by atomic mass is 10.2. The van der Waals surface area contributed by atoms with Gasteiger partial charge in [0.2, 0.25) is 0 Å². The second-order valence-electron chi connectivity index (χ2n) is 4.80. The maximum Gasteiger partial charge on any atom is 0.322 e. The summed E-state index contributed by atoms with van der Waals surface area (Å²) in [6, 6.07) is 14.0. The zero-order valence-corrected chi connectivity index (χ0v) is 13.1. The van der Waals surface area contributed by atoms with Crippen LogP contribution in [0, 0.1) is 0 Å². The third-order valence-corrected chi connectivity index (χ3v) is 3.31. The molecule has 0 saturated heterocycles. The number of methoxy groups -OCH3 is 2. The van der Waals surface area contributed by atoms with E-state index in [-0.39, 0.29) is 17.8 Å². The summed E-state index contributed by atoms with van der Waals surface area (Å²) in [4.78, 5) is 12.2. The standard InChI is InChI=1S/C17H15N3O4/c1-22-12-7-5-6-11(10-12)15(21)18-17-20-19-16(24-17)13-8-3-4-9-14(13)23-2/h3-10H,1-2H3,(H,18,20,21). The highest BCUT2D eigenvalue weighted by atomic mass is 16.5. The summed E-state index contributed by atoms with van der Waals surface area (Å²) >= 11 is 0. The van der Waals surface area contributed by atoms with E-state index >= 15 is 0 Å². The summed E-state index contributed by atoms with van der Waals surface area (Å²) in [6.07, 6.45) is 0. The highest BCUT2D eigenvalue weighted by molar-refractivity contribution is 6.03. The zero-order chi connectivity index (χ0) is 16.9. The van der Waals surface area contributed by atoms with Crippen LogP contribution in [0.5, 0.6) is 11.5 Å². The van der Waals surface area contributed by atoms with Crippen molar-refractivity contribution >= 4 is 11.9 Å². The molecule has 0 aliphatic rings. The van der Waals surface area contributed by atoms with Crippen molar-refractivity contribution in [3.05, 3.63) is 54.1 Å². The Balaban J connectivity index is 1.80. The first-order chi connectivity index (χ1) is 11.7. The summed E-state index contributed by atoms with van der Waals surface area (Å²) in [5.74, 6) is 1.08. The summed E-state index contributed by atoms with van der Waals surface area (Å²) in [7, 11) is 3.09. The maximum absolute atomic E-state index is 12.2. The first kappa shape index (κ1) is 15.5. The van der Waals surface area contributed by atoms with Gasteiger partial charge in [0.05, 0.1) is 19.8 Å². The molecular formula is C17H15N3O4. The number of aromatic nitrogens is 2. The number of para-hydroxylation sites is 1. The predicted molar refractivity (Wildman–Crippen MR) is 87.2 cm³/mol. The van der Waals surface area contributed by atoms with Gasteiger partial charge in [-0.1, -0.05) is 23.3 Å². The Hall–Kier alpha value is -3.35. The third-order valence-electron chi connectivity index (χ3n) is 3.31. The minimum atomic E-state index is -0.371. The van der Waals surface area contributed by atoms with Crippen LogP contribution in [0.4, 0.5) is 6.01 Å². The first-order valence-electron chi connectivity index (χ1n) is 7.13. The molecule has 7 heteroatoms. The number of rotatable bonds is 5. The molecule has 0 atom stereocenters. The quantitative estimate of drug-likeness (QED) is 0.776. The van der Waals surface area contributed by atoms with E-state index in [0.29, 0.717) is 22.6 Å². The van der Waals surface area contributed by atoms with Crippen LogP contribution in [0.2, 0.25) is 0 Å². The smallest absolute Gasteiger partial charge is 0.322 e. The van der Waals surface area contributed by atoms with Gasteiger partial charge in [-0.05, 0) is 30.3 Å². The molecule has 0 saturated carbocycles. The van der Waals surface area contributed by atoms with E-state index in [9.17, 15) is 4.79 Å². The van der Waals surface area contributed by atoms with Gasteiger partial charge >= 0.3 is 6.01 Å². The van der Waals surface area contributed by atoms with Crippen molar-refractivity contribution in [3.63, 3.8) is 0 Å². The molecule has 1 heterocycles. The number of nitrogens with one attached hydrogen (secondary N) is 1. The molecule has 122 valence electrons. The van der Waals surface area contributed by atoms with Crippen LogP contribution < -0.4 is 14.8 Å². The monoisotopic (exact) mass is 325 g/mol. The lowest BCUT2D eigenvalue weighted by Gasteiger charge is -2.04. The van der Waals surface area contributed by atoms with Crippen LogP contribution in [-0.2, 0) is 0 Å². The highest BCUT2D eigenvalue weighted by Gasteiger charge is 2.15. The van der Waals surface area contributed by atoms with Gasteiger partial charge in [-0.15, -0.1) is 5.10 Å². The molecule has 24 heavy (non-hydrogen) atoms. The number of ether oxygens (including phenoxy) is 2. The van der Waals surface area contributed by atoms with Gasteiger partial charge in [0.1, 0.15) is 11.5 Å². The van der Waals surface area contributed by atoms with Crippen LogP contribution in [0.1, 0.15) is 10.4 Å². The van der Waals surface area contributed by atoms with Gasteiger partial charge in [0.25, 0.3) is 11.8 Å². The minimum absolute atomic E-state index is 0.00345. The fraction of sp³-hybridized carbons (Fsp3) is 0.118. The van der Waals surface area contributed by atoms with Crippen LogP contribution in [0.3, 0.4) is 0 Å². The van der Waals surface area contributed by atoms with Gasteiger partial charge in [0.15, 0.2) is 0 Å². The third kappa shape index (κ3) is 3.19. The van der Waals surface area contributed by atoms with Crippen molar-refractivity contribution < 1.29 is 18.7 Å². The number of amides is 1. The van der Waals surface area contributed by atoms with Crippen molar-refractivity contribution in [2.75, 3.05) is 19.5 Å². The van der Waals surface area contributed by atoms with E-state index in [0.717, 1.165) is 0 Å². The zero-order valence-electron chi connectivity index (χ0n) is 13.1. The SMILES string of the molecule is COc1cccc(C(=O)Nc2nnc(-c3ccccc3OC)o2)c1. The Kier molecular flexibility index (Phi) is 4.42. The van der Waals surface area contributed by atoms with E-state index in [2.05, 4.69) is 15.5 Å². The van der Waals surface area contributed by atoms with Gasteiger partial charge in [-0.3, -0.25) is 10.1 Å².